The van der Waals surface area contributed by atoms with Gasteiger partial charge in [-0.15, -0.1) is 0 Å². The van der Waals surface area contributed by atoms with Crippen LogP contribution in [0.2, 0.25) is 0 Å². The second-order valence-electron chi connectivity index (χ2n) is 6.75. The summed E-state index contributed by atoms with van der Waals surface area (Å²) < 4.78 is 0. The first-order valence-electron chi connectivity index (χ1n) is 8.32. The predicted octanol–water partition coefficient (Wildman–Crippen LogP) is 0.995. The van der Waals surface area contributed by atoms with E-state index in [4.69, 9.17) is 5.73 Å². The van der Waals surface area contributed by atoms with Gasteiger partial charge in [0.15, 0.2) is 0 Å². The molecule has 1 saturated heterocycles. The standard InChI is InChI=1S/C18H25N3O3/c1-11(2)7-15(10-19)20-17(23)13-5-3-12(4-6-13)8-14-9-16(22)21-18(14)24/h3-6,11,14-15H,7-10,19H2,1-2H3,(H,20,23)(H,21,22,24). The number of carbonyl (C=O) groups excluding carboxylic acids is 3. The number of nitrogens with two attached hydrogens (primary N) is 1. The van der Waals surface area contributed by atoms with Crippen LogP contribution in [0.3, 0.4) is 0 Å². The Morgan fingerprint density at radius 2 is 1.96 bits per heavy atom. The van der Waals surface area contributed by atoms with Crippen molar-refractivity contribution in [1.29, 1.82) is 0 Å². The molecular weight excluding hydrogens is 306 g/mol. The molecule has 1 aliphatic rings. The first-order chi connectivity index (χ1) is 11.4. The van der Waals surface area contributed by atoms with Crippen LogP contribution in [0.15, 0.2) is 24.3 Å². The van der Waals surface area contributed by atoms with E-state index in [-0.39, 0.29) is 36.1 Å². The van der Waals surface area contributed by atoms with Crippen molar-refractivity contribution >= 4 is 17.7 Å². The van der Waals surface area contributed by atoms with Crippen molar-refractivity contribution in [2.24, 2.45) is 17.6 Å². The molecule has 6 nitrogen and oxygen atoms in total. The van der Waals surface area contributed by atoms with Crippen molar-refractivity contribution in [2.45, 2.75) is 39.2 Å². The Morgan fingerprint density at radius 3 is 2.46 bits per heavy atom. The Balaban J connectivity index is 1.94. The van der Waals surface area contributed by atoms with Crippen LogP contribution in [0.4, 0.5) is 0 Å². The molecule has 1 aliphatic heterocycles. The number of rotatable bonds is 7. The van der Waals surface area contributed by atoms with Gasteiger partial charge in [-0.2, -0.15) is 0 Å². The maximum atomic E-state index is 12.3. The minimum Gasteiger partial charge on any atom is -0.348 e. The third-order valence-corrected chi connectivity index (χ3v) is 4.14. The van der Waals surface area contributed by atoms with Crippen LogP contribution in [0.1, 0.15) is 42.6 Å². The molecule has 3 amide bonds. The molecular formula is C18H25N3O3. The fourth-order valence-electron chi connectivity index (χ4n) is 2.90. The highest BCUT2D eigenvalue weighted by molar-refractivity contribution is 6.03. The van der Waals surface area contributed by atoms with Crippen LogP contribution >= 0.6 is 0 Å². The van der Waals surface area contributed by atoms with Gasteiger partial charge in [-0.3, -0.25) is 19.7 Å². The fourth-order valence-corrected chi connectivity index (χ4v) is 2.90. The Bertz CT molecular complexity index is 610. The van der Waals surface area contributed by atoms with Crippen molar-refractivity contribution in [2.75, 3.05) is 6.54 Å². The Hall–Kier alpha value is -2.21. The molecule has 0 spiro atoms. The third kappa shape index (κ3) is 4.89. The first-order valence-corrected chi connectivity index (χ1v) is 8.32. The van der Waals surface area contributed by atoms with E-state index < -0.39 is 0 Å². The van der Waals surface area contributed by atoms with Crippen molar-refractivity contribution in [3.05, 3.63) is 35.4 Å². The number of carbonyl (C=O) groups is 3. The van der Waals surface area contributed by atoms with E-state index >= 15 is 0 Å². The second kappa shape index (κ2) is 8.06. The zero-order valence-corrected chi connectivity index (χ0v) is 14.2. The smallest absolute Gasteiger partial charge is 0.251 e. The normalized spacial score (nSPS) is 18.6. The van der Waals surface area contributed by atoms with Crippen molar-refractivity contribution in [1.82, 2.24) is 10.6 Å². The Morgan fingerprint density at radius 1 is 1.29 bits per heavy atom. The number of benzene rings is 1. The quantitative estimate of drug-likeness (QED) is 0.649. The summed E-state index contributed by atoms with van der Waals surface area (Å²) in [5, 5.41) is 5.25. The highest BCUT2D eigenvalue weighted by atomic mass is 16.2. The minimum atomic E-state index is -0.315. The van der Waals surface area contributed by atoms with Gasteiger partial charge in [-0.25, -0.2) is 0 Å². The molecule has 0 aliphatic carbocycles. The molecule has 1 heterocycles. The Kier molecular flexibility index (Phi) is 6.09. The highest BCUT2D eigenvalue weighted by Gasteiger charge is 2.30. The summed E-state index contributed by atoms with van der Waals surface area (Å²) in [6.45, 7) is 4.59. The zero-order valence-electron chi connectivity index (χ0n) is 14.2. The summed E-state index contributed by atoms with van der Waals surface area (Å²) in [4.78, 5) is 35.1. The van der Waals surface area contributed by atoms with E-state index in [0.717, 1.165) is 12.0 Å². The van der Waals surface area contributed by atoms with Gasteiger partial charge < -0.3 is 11.1 Å². The molecule has 2 atom stereocenters. The number of hydrogen-bond acceptors (Lipinski definition) is 4. The maximum absolute atomic E-state index is 12.3. The SMILES string of the molecule is CC(C)CC(CN)NC(=O)c1ccc(CC2CC(=O)NC2=O)cc1. The number of imide groups is 1. The molecule has 0 bridgehead atoms. The predicted molar refractivity (Wildman–Crippen MR) is 91.2 cm³/mol. The molecule has 1 aromatic carbocycles. The van der Waals surface area contributed by atoms with E-state index in [1.165, 1.54) is 0 Å². The van der Waals surface area contributed by atoms with Gasteiger partial charge in [0, 0.05) is 24.6 Å². The lowest BCUT2D eigenvalue weighted by molar-refractivity contribution is -0.125. The van der Waals surface area contributed by atoms with Crippen LogP contribution in [-0.4, -0.2) is 30.3 Å². The zero-order chi connectivity index (χ0) is 17.7. The van der Waals surface area contributed by atoms with E-state index in [1.807, 2.05) is 12.1 Å². The third-order valence-electron chi connectivity index (χ3n) is 4.14. The second-order valence-corrected chi connectivity index (χ2v) is 6.75. The molecule has 1 aromatic rings. The number of hydrogen-bond donors (Lipinski definition) is 3. The number of nitrogens with one attached hydrogen (secondary N) is 2. The van der Waals surface area contributed by atoms with E-state index in [0.29, 0.717) is 24.4 Å². The lowest BCUT2D eigenvalue weighted by atomic mass is 9.97. The molecule has 0 saturated carbocycles. The molecule has 24 heavy (non-hydrogen) atoms. The van der Waals surface area contributed by atoms with Gasteiger partial charge in [-0.1, -0.05) is 26.0 Å². The minimum absolute atomic E-state index is 0.0367. The lowest BCUT2D eigenvalue weighted by Gasteiger charge is -2.19. The van der Waals surface area contributed by atoms with Gasteiger partial charge in [0.05, 0.1) is 5.92 Å². The van der Waals surface area contributed by atoms with Crippen molar-refractivity contribution in [3.63, 3.8) is 0 Å². The average molecular weight is 331 g/mol. The molecule has 6 heteroatoms. The molecule has 2 rings (SSSR count). The van der Waals surface area contributed by atoms with Gasteiger partial charge >= 0.3 is 0 Å². The summed E-state index contributed by atoms with van der Waals surface area (Å²) in [6, 6.07) is 7.09. The van der Waals surface area contributed by atoms with Crippen LogP contribution in [0.5, 0.6) is 0 Å². The topological polar surface area (TPSA) is 101 Å². The van der Waals surface area contributed by atoms with Crippen molar-refractivity contribution in [3.8, 4) is 0 Å². The van der Waals surface area contributed by atoms with Crippen LogP contribution in [-0.2, 0) is 16.0 Å². The molecule has 1 fully saturated rings. The van der Waals surface area contributed by atoms with Gasteiger partial charge in [0.1, 0.15) is 0 Å². The molecule has 130 valence electrons. The molecule has 2 unspecified atom stereocenters. The monoisotopic (exact) mass is 331 g/mol. The molecule has 0 aromatic heterocycles. The first kappa shape index (κ1) is 18.1. The lowest BCUT2D eigenvalue weighted by Crippen LogP contribution is -2.41. The number of amides is 3. The largest absolute Gasteiger partial charge is 0.348 e. The van der Waals surface area contributed by atoms with Crippen LogP contribution < -0.4 is 16.4 Å². The van der Waals surface area contributed by atoms with Crippen LogP contribution in [0.25, 0.3) is 0 Å². The van der Waals surface area contributed by atoms with E-state index in [9.17, 15) is 14.4 Å². The summed E-state index contributed by atoms with van der Waals surface area (Å²) in [5.74, 6) is -0.446. The van der Waals surface area contributed by atoms with E-state index in [1.54, 1.807) is 12.1 Å². The van der Waals surface area contributed by atoms with Crippen LogP contribution in [0, 0.1) is 11.8 Å². The van der Waals surface area contributed by atoms with Gasteiger partial charge in [0.25, 0.3) is 5.91 Å². The summed E-state index contributed by atoms with van der Waals surface area (Å²) in [6.07, 6.45) is 1.57. The average Bonchev–Trinajstić information content (AvgIpc) is 2.84. The highest BCUT2D eigenvalue weighted by Crippen LogP contribution is 2.18. The Labute approximate surface area is 142 Å². The van der Waals surface area contributed by atoms with Gasteiger partial charge in [0.2, 0.25) is 11.8 Å². The van der Waals surface area contributed by atoms with Gasteiger partial charge in [-0.05, 0) is 36.5 Å². The van der Waals surface area contributed by atoms with Crippen molar-refractivity contribution < 1.29 is 14.4 Å². The summed E-state index contributed by atoms with van der Waals surface area (Å²) in [7, 11) is 0. The molecule has 0 radical (unpaired) electrons. The summed E-state index contributed by atoms with van der Waals surface area (Å²) in [5.41, 5.74) is 7.20. The molecule has 4 N–H and O–H groups in total. The van der Waals surface area contributed by atoms with E-state index in [2.05, 4.69) is 24.5 Å². The summed E-state index contributed by atoms with van der Waals surface area (Å²) >= 11 is 0. The maximum Gasteiger partial charge on any atom is 0.251 e. The fraction of sp³-hybridized carbons (Fsp3) is 0.500.